The first-order valence-electron chi connectivity index (χ1n) is 6.75. The van der Waals surface area contributed by atoms with E-state index in [4.69, 9.17) is 4.74 Å². The zero-order valence-electron chi connectivity index (χ0n) is 12.5. The van der Waals surface area contributed by atoms with Gasteiger partial charge in [-0.05, 0) is 24.6 Å². The first-order chi connectivity index (χ1) is 10.6. The molecule has 22 heavy (non-hydrogen) atoms. The summed E-state index contributed by atoms with van der Waals surface area (Å²) in [5.74, 6) is 0.718. The zero-order valence-corrected chi connectivity index (χ0v) is 14.1. The molecule has 0 fully saturated rings. The monoisotopic (exact) mass is 338 g/mol. The topological polar surface area (TPSA) is 68.3 Å². The Morgan fingerprint density at radius 1 is 1.45 bits per heavy atom. The molecule has 1 aromatic carbocycles. The largest absolute Gasteiger partial charge is 0.384 e. The molecule has 5 nitrogen and oxygen atoms in total. The fourth-order valence-electron chi connectivity index (χ4n) is 1.84. The van der Waals surface area contributed by atoms with Crippen LogP contribution >= 0.6 is 11.3 Å². The maximum absolute atomic E-state index is 12.1. The summed E-state index contributed by atoms with van der Waals surface area (Å²) in [5.41, 5.74) is 2.01. The number of carbonyl (C=O) groups excluding carboxylic acids is 1. The number of ether oxygens (including phenoxy) is 1. The first-order valence-corrected chi connectivity index (χ1v) is 9.11. The van der Waals surface area contributed by atoms with Gasteiger partial charge in [-0.15, -0.1) is 11.3 Å². The van der Waals surface area contributed by atoms with Gasteiger partial charge in [0, 0.05) is 40.5 Å². The van der Waals surface area contributed by atoms with Crippen molar-refractivity contribution in [2.24, 2.45) is 0 Å². The van der Waals surface area contributed by atoms with Gasteiger partial charge in [0.1, 0.15) is 5.69 Å². The maximum Gasteiger partial charge on any atom is 0.275 e. The van der Waals surface area contributed by atoms with Gasteiger partial charge >= 0.3 is 0 Å². The van der Waals surface area contributed by atoms with E-state index in [-0.39, 0.29) is 5.91 Å². The molecule has 2 rings (SSSR count). The number of benzene rings is 1. The van der Waals surface area contributed by atoms with Crippen LogP contribution in [0.3, 0.4) is 0 Å². The third-order valence-electron chi connectivity index (χ3n) is 2.88. The third kappa shape index (κ3) is 5.01. The summed E-state index contributed by atoms with van der Waals surface area (Å²) in [7, 11) is 0.618. The van der Waals surface area contributed by atoms with Crippen LogP contribution in [0.1, 0.15) is 21.1 Å². The summed E-state index contributed by atoms with van der Waals surface area (Å²) in [6.07, 6.45) is 0. The number of carbonyl (C=O) groups is 1. The van der Waals surface area contributed by atoms with E-state index in [1.54, 1.807) is 18.6 Å². The number of methoxy groups -OCH3 is 1. The minimum atomic E-state index is -0.973. The van der Waals surface area contributed by atoms with Gasteiger partial charge in [-0.1, -0.05) is 12.1 Å². The summed E-state index contributed by atoms with van der Waals surface area (Å²) in [6, 6.07) is 7.37. The number of hydrogen-bond acceptors (Lipinski definition) is 5. The highest BCUT2D eigenvalue weighted by Crippen LogP contribution is 2.15. The van der Waals surface area contributed by atoms with Crippen molar-refractivity contribution < 1.29 is 13.7 Å². The SMILES string of the molecule is COCCS(=O)Cc1cccc(NC(=O)c2csc(C)n2)c1. The van der Waals surface area contributed by atoms with E-state index in [0.29, 0.717) is 29.5 Å². The van der Waals surface area contributed by atoms with Gasteiger partial charge in [0.15, 0.2) is 0 Å². The van der Waals surface area contributed by atoms with Crippen LogP contribution < -0.4 is 5.32 Å². The van der Waals surface area contributed by atoms with Gasteiger partial charge in [0.05, 0.1) is 11.6 Å². The van der Waals surface area contributed by atoms with E-state index in [0.717, 1.165) is 10.6 Å². The number of thiazole rings is 1. The molecule has 0 radical (unpaired) electrons. The summed E-state index contributed by atoms with van der Waals surface area (Å²) >= 11 is 1.44. The number of hydrogen-bond donors (Lipinski definition) is 1. The molecule has 1 N–H and O–H groups in total. The molecule has 0 aliphatic rings. The standard InChI is InChI=1S/C15H18N2O3S2/c1-11-16-14(9-21-11)15(18)17-13-5-3-4-12(8-13)10-22(19)7-6-20-2/h3-5,8-9H,6-7,10H2,1-2H3,(H,17,18). The van der Waals surface area contributed by atoms with E-state index in [1.165, 1.54) is 11.3 Å². The van der Waals surface area contributed by atoms with Crippen molar-refractivity contribution in [2.75, 3.05) is 24.8 Å². The second kappa shape index (κ2) is 8.17. The second-order valence-electron chi connectivity index (χ2n) is 4.69. The van der Waals surface area contributed by atoms with Crippen LogP contribution in [0.2, 0.25) is 0 Å². The Balaban J connectivity index is 1.99. The molecule has 0 spiro atoms. The lowest BCUT2D eigenvalue weighted by Gasteiger charge is -2.06. The predicted octanol–water partition coefficient (Wildman–Crippen LogP) is 2.60. The fraction of sp³-hybridized carbons (Fsp3) is 0.333. The number of anilines is 1. The average molecular weight is 338 g/mol. The number of rotatable bonds is 7. The van der Waals surface area contributed by atoms with Gasteiger partial charge in [0.2, 0.25) is 0 Å². The van der Waals surface area contributed by atoms with Crippen LogP contribution in [0.15, 0.2) is 29.6 Å². The normalized spacial score (nSPS) is 12.1. The Kier molecular flexibility index (Phi) is 6.23. The molecule has 2 aromatic rings. The van der Waals surface area contributed by atoms with Gasteiger partial charge < -0.3 is 10.1 Å². The number of aryl methyl sites for hydroxylation is 1. The molecule has 0 aliphatic heterocycles. The summed E-state index contributed by atoms with van der Waals surface area (Å²) in [4.78, 5) is 16.2. The molecule has 1 amide bonds. The van der Waals surface area contributed by atoms with Crippen LogP contribution in [0, 0.1) is 6.92 Å². The molecular weight excluding hydrogens is 320 g/mol. The third-order valence-corrected chi connectivity index (χ3v) is 4.93. The van der Waals surface area contributed by atoms with E-state index >= 15 is 0 Å². The van der Waals surface area contributed by atoms with Gasteiger partial charge in [0.25, 0.3) is 5.91 Å². The number of nitrogens with zero attached hydrogens (tertiary/aromatic N) is 1. The number of amides is 1. The number of aromatic nitrogens is 1. The Bertz CT molecular complexity index is 670. The van der Waals surface area contributed by atoms with Crippen molar-refractivity contribution in [3.63, 3.8) is 0 Å². The second-order valence-corrected chi connectivity index (χ2v) is 7.33. The van der Waals surface area contributed by atoms with Crippen molar-refractivity contribution in [1.82, 2.24) is 4.98 Å². The van der Waals surface area contributed by atoms with Crippen LogP contribution in [0.4, 0.5) is 5.69 Å². The molecule has 0 saturated carbocycles. The Morgan fingerprint density at radius 2 is 2.27 bits per heavy atom. The van der Waals surface area contributed by atoms with Crippen LogP contribution in [-0.2, 0) is 21.3 Å². The van der Waals surface area contributed by atoms with Gasteiger partial charge in [-0.25, -0.2) is 4.98 Å². The average Bonchev–Trinajstić information content (AvgIpc) is 2.92. The molecule has 1 unspecified atom stereocenters. The lowest BCUT2D eigenvalue weighted by Crippen LogP contribution is -2.12. The Hall–Kier alpha value is -1.57. The van der Waals surface area contributed by atoms with Crippen LogP contribution in [0.5, 0.6) is 0 Å². The smallest absolute Gasteiger partial charge is 0.275 e. The Labute approximate surface area is 136 Å². The van der Waals surface area contributed by atoms with Crippen molar-refractivity contribution >= 4 is 33.7 Å². The summed E-state index contributed by atoms with van der Waals surface area (Å²) in [5, 5.41) is 5.39. The van der Waals surface area contributed by atoms with Gasteiger partial charge in [-0.2, -0.15) is 0 Å². The molecular formula is C15H18N2O3S2. The van der Waals surface area contributed by atoms with Crippen molar-refractivity contribution in [3.05, 3.63) is 45.9 Å². The van der Waals surface area contributed by atoms with Crippen LogP contribution in [0.25, 0.3) is 0 Å². The highest BCUT2D eigenvalue weighted by molar-refractivity contribution is 7.84. The minimum Gasteiger partial charge on any atom is -0.384 e. The van der Waals surface area contributed by atoms with E-state index in [9.17, 15) is 9.00 Å². The lowest BCUT2D eigenvalue weighted by molar-refractivity contribution is 0.102. The van der Waals surface area contributed by atoms with Gasteiger partial charge in [-0.3, -0.25) is 9.00 Å². The van der Waals surface area contributed by atoms with E-state index in [2.05, 4.69) is 10.3 Å². The van der Waals surface area contributed by atoms with E-state index in [1.807, 2.05) is 25.1 Å². The fourth-order valence-corrected chi connectivity index (χ4v) is 3.48. The molecule has 0 aliphatic carbocycles. The number of nitrogens with one attached hydrogen (secondary N) is 1. The quantitative estimate of drug-likeness (QED) is 0.842. The van der Waals surface area contributed by atoms with E-state index < -0.39 is 10.8 Å². The first kappa shape index (κ1) is 16.8. The molecule has 1 heterocycles. The van der Waals surface area contributed by atoms with Crippen molar-refractivity contribution in [1.29, 1.82) is 0 Å². The summed E-state index contributed by atoms with van der Waals surface area (Å²) in [6.45, 7) is 2.34. The van der Waals surface area contributed by atoms with Crippen molar-refractivity contribution in [3.8, 4) is 0 Å². The molecule has 1 atom stereocenters. The molecule has 1 aromatic heterocycles. The Morgan fingerprint density at radius 3 is 2.95 bits per heavy atom. The van der Waals surface area contributed by atoms with Crippen LogP contribution in [-0.4, -0.2) is 34.6 Å². The molecule has 0 bridgehead atoms. The lowest BCUT2D eigenvalue weighted by atomic mass is 10.2. The predicted molar refractivity (Wildman–Crippen MR) is 89.8 cm³/mol. The molecule has 118 valence electrons. The molecule has 0 saturated heterocycles. The molecule has 7 heteroatoms. The highest BCUT2D eigenvalue weighted by Gasteiger charge is 2.10. The maximum atomic E-state index is 12.1. The zero-order chi connectivity index (χ0) is 15.9. The summed E-state index contributed by atoms with van der Waals surface area (Å²) < 4.78 is 16.8. The minimum absolute atomic E-state index is 0.234. The van der Waals surface area contributed by atoms with Crippen molar-refractivity contribution in [2.45, 2.75) is 12.7 Å². The highest BCUT2D eigenvalue weighted by atomic mass is 32.2.